The molecule has 0 aliphatic heterocycles. The molecule has 0 bridgehead atoms. The lowest BCUT2D eigenvalue weighted by Gasteiger charge is -2.13. The topological polar surface area (TPSA) is 51.6 Å². The zero-order valence-electron chi connectivity index (χ0n) is 32.3. The summed E-state index contributed by atoms with van der Waals surface area (Å²) in [4.78, 5) is 19.1. The van der Waals surface area contributed by atoms with Crippen LogP contribution in [0.3, 0.4) is 0 Å². The van der Waals surface area contributed by atoms with Crippen molar-refractivity contribution in [1.29, 1.82) is 0 Å². The van der Waals surface area contributed by atoms with Crippen LogP contribution in [0.15, 0.2) is 182 Å². The molecule has 6 aromatic carbocycles. The first-order valence-electron chi connectivity index (χ1n) is 19.1. The molecule has 1 atom stereocenters. The van der Waals surface area contributed by atoms with Gasteiger partial charge in [-0.25, -0.2) is 0 Å². The smallest absolute Gasteiger partial charge is 0.134 e. The number of benzene rings is 6. The van der Waals surface area contributed by atoms with Gasteiger partial charge in [0.25, 0.3) is 0 Å². The number of fused-ring (bicyclic) bond motifs is 6. The molecule has 10 aromatic rings. The van der Waals surface area contributed by atoms with E-state index in [2.05, 4.69) is 179 Å². The molecule has 4 aromatic heterocycles. The number of rotatable bonds is 4. The lowest BCUT2D eigenvalue weighted by atomic mass is 9.95. The minimum absolute atomic E-state index is 0. The predicted octanol–water partition coefficient (Wildman–Crippen LogP) is 14.0. The summed E-state index contributed by atoms with van der Waals surface area (Å²) in [5, 5.41) is 4.54. The van der Waals surface area contributed by atoms with Crippen LogP contribution < -0.4 is 0 Å². The van der Waals surface area contributed by atoms with Crippen molar-refractivity contribution in [3.05, 3.63) is 194 Å². The number of aromatic nitrogens is 4. The van der Waals surface area contributed by atoms with Crippen molar-refractivity contribution in [2.24, 2.45) is 0 Å². The van der Waals surface area contributed by atoms with Gasteiger partial charge in [0.2, 0.25) is 0 Å². The Morgan fingerprint density at radius 2 is 0.655 bits per heavy atom. The van der Waals surface area contributed by atoms with Crippen molar-refractivity contribution in [3.8, 4) is 44.5 Å². The van der Waals surface area contributed by atoms with Crippen LogP contribution in [0.2, 0.25) is 6.82 Å². The fraction of sp³-hybridized carbons (Fsp3) is 0.0769. The third-order valence-electron chi connectivity index (χ3n) is 9.97. The van der Waals surface area contributed by atoms with E-state index in [4.69, 9.17) is 9.97 Å². The maximum absolute atomic E-state index is 4.90. The molecule has 58 heavy (non-hydrogen) atoms. The molecule has 0 aliphatic carbocycles. The third-order valence-corrected chi connectivity index (χ3v) is 9.97. The van der Waals surface area contributed by atoms with E-state index in [-0.39, 0.29) is 7.43 Å². The molecule has 0 fully saturated rings. The van der Waals surface area contributed by atoms with Crippen LogP contribution in [0.4, 0.5) is 0 Å². The lowest BCUT2D eigenvalue weighted by molar-refractivity contribution is 1.23. The van der Waals surface area contributed by atoms with Gasteiger partial charge in [-0.2, -0.15) is 9.12 Å². The van der Waals surface area contributed by atoms with Crippen molar-refractivity contribution in [2.75, 3.05) is 0 Å². The third kappa shape index (κ3) is 8.14. The van der Waals surface area contributed by atoms with E-state index >= 15 is 0 Å². The second-order valence-electron chi connectivity index (χ2n) is 13.9. The Bertz CT molecular complexity index is 2760. The van der Waals surface area contributed by atoms with E-state index in [1.807, 2.05) is 50.5 Å². The van der Waals surface area contributed by atoms with Crippen LogP contribution in [-0.4, -0.2) is 26.9 Å². The highest BCUT2D eigenvalue weighted by atomic mass is 31.0. The monoisotopic (exact) mass is 767 g/mol. The summed E-state index contributed by atoms with van der Waals surface area (Å²) in [6.07, 6.45) is 3.75. The summed E-state index contributed by atoms with van der Waals surface area (Å²) in [5.74, 6) is 0. The summed E-state index contributed by atoms with van der Waals surface area (Å²) >= 11 is 0. The van der Waals surface area contributed by atoms with Crippen LogP contribution in [0, 0.1) is 13.8 Å². The zero-order chi connectivity index (χ0) is 39.1. The Labute approximate surface area is 344 Å². The van der Waals surface area contributed by atoms with Crippen LogP contribution in [-0.2, 0) is 0 Å². The molecule has 1 unspecified atom stereocenters. The maximum Gasteiger partial charge on any atom is 0.134 e. The molecule has 281 valence electrons. The van der Waals surface area contributed by atoms with E-state index < -0.39 is 0 Å². The van der Waals surface area contributed by atoms with Gasteiger partial charge < -0.3 is 0 Å². The minimum Gasteiger partial charge on any atom is -0.254 e. The average Bonchev–Trinajstić information content (AvgIpc) is 3.27. The molecule has 0 saturated carbocycles. The first-order valence-corrected chi connectivity index (χ1v) is 19.8. The predicted molar refractivity (Wildman–Crippen MR) is 253 cm³/mol. The van der Waals surface area contributed by atoms with Gasteiger partial charge in [-0.05, 0) is 82.6 Å². The second kappa shape index (κ2) is 18.2. The van der Waals surface area contributed by atoms with Crippen LogP contribution >= 0.6 is 9.12 Å². The molecule has 0 amide bonds. The van der Waals surface area contributed by atoms with Crippen LogP contribution in [0.1, 0.15) is 18.8 Å². The Morgan fingerprint density at radius 3 is 0.966 bits per heavy atom. The number of hydrogen-bond acceptors (Lipinski definition) is 4. The van der Waals surface area contributed by atoms with Crippen molar-refractivity contribution >= 4 is 59.7 Å². The minimum atomic E-state index is 0. The number of pyridine rings is 4. The molecular formula is C52H45BN4P. The average molecular weight is 768 g/mol. The summed E-state index contributed by atoms with van der Waals surface area (Å²) in [6, 6.07) is 59.1. The molecule has 6 heteroatoms. The second-order valence-corrected chi connectivity index (χ2v) is 14.5. The van der Waals surface area contributed by atoms with Gasteiger partial charge in [0.15, 0.2) is 0 Å². The van der Waals surface area contributed by atoms with E-state index in [1.165, 1.54) is 44.5 Å². The van der Waals surface area contributed by atoms with E-state index in [9.17, 15) is 0 Å². The highest BCUT2D eigenvalue weighted by Gasteiger charge is 2.15. The van der Waals surface area contributed by atoms with Crippen LogP contribution in [0.5, 0.6) is 0 Å². The van der Waals surface area contributed by atoms with E-state index in [1.54, 1.807) is 0 Å². The molecule has 0 N–H and O–H groups in total. The van der Waals surface area contributed by atoms with E-state index in [0.717, 1.165) is 55.0 Å². The summed E-state index contributed by atoms with van der Waals surface area (Å²) < 4.78 is 0. The lowest BCUT2D eigenvalue weighted by Crippen LogP contribution is -1.94. The normalized spacial score (nSPS) is 10.6. The number of nitrogens with zero attached hydrogens (tertiary/aromatic N) is 4. The first-order chi connectivity index (χ1) is 28.0. The number of aryl methyl sites for hydroxylation is 2. The van der Waals surface area contributed by atoms with Gasteiger partial charge in [0.05, 0.1) is 22.1 Å². The Morgan fingerprint density at radius 1 is 0.379 bits per heavy atom. The van der Waals surface area contributed by atoms with Gasteiger partial charge in [0.1, 0.15) is 7.00 Å². The van der Waals surface area contributed by atoms with E-state index in [0.29, 0.717) is 0 Å². The molecule has 4 heterocycles. The van der Waals surface area contributed by atoms with Crippen molar-refractivity contribution < 1.29 is 0 Å². The summed E-state index contributed by atoms with van der Waals surface area (Å²) in [6.45, 7) is 7.99. The van der Waals surface area contributed by atoms with Gasteiger partial charge >= 0.3 is 0 Å². The van der Waals surface area contributed by atoms with Gasteiger partial charge in [-0.1, -0.05) is 160 Å². The first kappa shape index (κ1) is 39.7. The Kier molecular flexibility index (Phi) is 12.4. The van der Waals surface area contributed by atoms with Gasteiger partial charge in [-0.15, -0.1) is 0 Å². The molecule has 0 aliphatic rings. The quantitative estimate of drug-likeness (QED) is 0.102. The molecule has 10 rings (SSSR count). The fourth-order valence-electron chi connectivity index (χ4n) is 7.51. The molecule has 0 saturated heterocycles. The molecular weight excluding hydrogens is 722 g/mol. The van der Waals surface area contributed by atoms with Crippen LogP contribution in [0.25, 0.3) is 88.1 Å². The highest BCUT2D eigenvalue weighted by Crippen LogP contribution is 2.37. The Hall–Kier alpha value is -6.55. The largest absolute Gasteiger partial charge is 0.254 e. The standard InChI is InChI=1S/C26H20N2.C24H16N2.CH5BP.CH4/c1-17-15-23(19-9-5-3-6-10-19)21-13-14-22-24(20-11-7-4-8-12-20)16-18(2)28-26(22)25(21)27-17;1-3-7-17(8-4-1)19-13-15-25-23-21(19)11-12-22-20(14-16-26-24(22)23)18-9-5-2-6-10-18;1-2-3;/h3-16H,1-2H3;1-16H;3H2,1H3;1H4. The molecule has 1 radical (unpaired) electrons. The van der Waals surface area contributed by atoms with Crippen molar-refractivity contribution in [2.45, 2.75) is 28.1 Å². The van der Waals surface area contributed by atoms with Crippen molar-refractivity contribution in [3.63, 3.8) is 0 Å². The SMILES string of the molecule is C.C[B]P.Cc1cc(-c2ccccc2)c2ccc3c(-c4ccccc4)cc(C)nc3c2n1.c1ccc(-c2ccnc3c2ccc2c(-c4ccccc4)ccnc23)cc1. The van der Waals surface area contributed by atoms with Gasteiger partial charge in [-0.3, -0.25) is 19.9 Å². The van der Waals surface area contributed by atoms with Crippen molar-refractivity contribution in [1.82, 2.24) is 19.9 Å². The summed E-state index contributed by atoms with van der Waals surface area (Å²) in [7, 11) is 2.45. The van der Waals surface area contributed by atoms with Gasteiger partial charge in [0, 0.05) is 45.3 Å². The highest BCUT2D eigenvalue weighted by molar-refractivity contribution is 7.55. The number of hydrogen-bond donors (Lipinski definition) is 0. The zero-order valence-corrected chi connectivity index (χ0v) is 33.4. The molecule has 0 spiro atoms. The maximum atomic E-state index is 4.90. The fourth-order valence-corrected chi connectivity index (χ4v) is 7.51. The summed E-state index contributed by atoms with van der Waals surface area (Å²) in [5.41, 5.74) is 15.4. The Balaban J connectivity index is 0.000000163. The molecule has 4 nitrogen and oxygen atoms in total.